The van der Waals surface area contributed by atoms with Gasteiger partial charge in [0.05, 0.1) is 35.7 Å². The van der Waals surface area contributed by atoms with Crippen LogP contribution in [0, 0.1) is 10.1 Å². The van der Waals surface area contributed by atoms with Gasteiger partial charge in [-0.05, 0) is 29.8 Å². The number of ether oxygens (including phenoxy) is 1. The molecule has 14 nitrogen and oxygen atoms in total. The molecule has 228 valence electrons. The molecule has 0 saturated carbocycles. The molecule has 0 bridgehead atoms. The highest BCUT2D eigenvalue weighted by Gasteiger charge is 2.69. The highest BCUT2D eigenvalue weighted by molar-refractivity contribution is 8.02. The number of furan rings is 1. The molecule has 3 atom stereocenters. The second-order valence-electron chi connectivity index (χ2n) is 9.85. The van der Waals surface area contributed by atoms with Crippen molar-refractivity contribution in [3.05, 3.63) is 100 Å². The molecule has 2 aromatic carbocycles. The van der Waals surface area contributed by atoms with Crippen molar-refractivity contribution in [1.82, 2.24) is 20.1 Å². The number of nitrogens with zero attached hydrogens (tertiary/aromatic N) is 5. The summed E-state index contributed by atoms with van der Waals surface area (Å²) in [6.45, 7) is 1.21. The summed E-state index contributed by atoms with van der Waals surface area (Å²) in [7, 11) is 0. The van der Waals surface area contributed by atoms with E-state index in [4.69, 9.17) is 9.15 Å². The number of nitro groups is 1. The summed E-state index contributed by atoms with van der Waals surface area (Å²) in [5, 5.41) is 18.5. The van der Waals surface area contributed by atoms with Gasteiger partial charge >= 0.3 is 12.0 Å². The van der Waals surface area contributed by atoms with Gasteiger partial charge in [-0.3, -0.25) is 24.6 Å². The van der Waals surface area contributed by atoms with Gasteiger partial charge in [0.15, 0.2) is 0 Å². The van der Waals surface area contributed by atoms with Crippen LogP contribution in [0.2, 0.25) is 0 Å². The zero-order chi connectivity index (χ0) is 31.3. The molecule has 4 amide bonds. The van der Waals surface area contributed by atoms with E-state index >= 15 is 0 Å². The molecule has 15 heteroatoms. The molecule has 0 spiro atoms. The molecular formula is C29H28N6O8S. The Bertz CT molecular complexity index is 1520. The van der Waals surface area contributed by atoms with E-state index in [1.54, 1.807) is 12.1 Å². The van der Waals surface area contributed by atoms with Crippen LogP contribution < -0.4 is 5.32 Å². The molecule has 3 aliphatic heterocycles. The third-order valence-electron chi connectivity index (χ3n) is 6.98. The van der Waals surface area contributed by atoms with Gasteiger partial charge in [0.1, 0.15) is 18.5 Å². The highest BCUT2D eigenvalue weighted by Crippen LogP contribution is 2.53. The van der Waals surface area contributed by atoms with E-state index in [0.29, 0.717) is 11.3 Å². The Balaban J connectivity index is 0.000000573. The number of benzene rings is 2. The number of esters is 1. The minimum absolute atomic E-state index is 0.0682. The molecule has 3 aromatic rings. The lowest BCUT2D eigenvalue weighted by molar-refractivity contribution is -0.384. The molecule has 1 unspecified atom stereocenters. The number of β-lactam (4-membered cyclic amide) rings is 1. The number of carbonyl (C=O) groups excluding carboxylic acids is 4. The van der Waals surface area contributed by atoms with Crippen LogP contribution in [-0.4, -0.2) is 79.3 Å². The molecule has 0 aliphatic carbocycles. The van der Waals surface area contributed by atoms with Gasteiger partial charge in [-0.15, -0.1) is 0 Å². The first kappa shape index (κ1) is 30.3. The summed E-state index contributed by atoms with van der Waals surface area (Å²) in [6.07, 6.45) is 1.80. The Morgan fingerprint density at radius 1 is 1.11 bits per heavy atom. The van der Waals surface area contributed by atoms with Crippen molar-refractivity contribution in [2.24, 2.45) is 5.10 Å². The van der Waals surface area contributed by atoms with Crippen LogP contribution in [0.4, 0.5) is 10.5 Å². The fraction of sp³-hybridized carbons (Fsp3) is 0.276. The molecule has 0 radical (unpaired) electrons. The van der Waals surface area contributed by atoms with Crippen LogP contribution in [-0.2, 0) is 25.7 Å². The number of nitro benzene ring substituents is 1. The normalized spacial score (nSPS) is 22.2. The van der Waals surface area contributed by atoms with E-state index < -0.39 is 39.2 Å². The minimum Gasteiger partial charge on any atom is -0.463 e. The first-order chi connectivity index (χ1) is 21.2. The lowest BCUT2D eigenvalue weighted by atomic mass is 10.1. The zero-order valence-electron chi connectivity index (χ0n) is 23.5. The van der Waals surface area contributed by atoms with Crippen LogP contribution >= 0.6 is 11.8 Å². The topological polar surface area (TPSA) is 168 Å². The van der Waals surface area contributed by atoms with Gasteiger partial charge < -0.3 is 19.4 Å². The molecular weight excluding hydrogens is 592 g/mol. The van der Waals surface area contributed by atoms with Crippen LogP contribution in [0.3, 0.4) is 0 Å². The summed E-state index contributed by atoms with van der Waals surface area (Å²) < 4.78 is 10.8. The summed E-state index contributed by atoms with van der Waals surface area (Å²) in [5.74, 6) is -1.19. The maximum atomic E-state index is 13.8. The standard InChI is InChI=1S/C23H22N6O8S.C6H6/c1-14(30)25-20-23(38-19-11-18(31)28(19)20,21(32)37-13-15-4-6-16(7-5-15)29(34)35)26-8-9-27(22(26)33)24-12-17-3-2-10-36-17;1-2-4-6-5-3-1/h2-7,10,12,19-20H,8-9,11,13H2,1H3,(H,25,30);1-6H/t19-,20?,23-;/m1./s1. The van der Waals surface area contributed by atoms with Gasteiger partial charge in [0.2, 0.25) is 16.7 Å². The van der Waals surface area contributed by atoms with E-state index in [0.717, 1.165) is 16.8 Å². The number of non-ortho nitro benzene ring substituents is 1. The largest absolute Gasteiger partial charge is 0.463 e. The summed E-state index contributed by atoms with van der Waals surface area (Å²) >= 11 is 1.06. The van der Waals surface area contributed by atoms with Crippen LogP contribution in [0.5, 0.6) is 0 Å². The highest BCUT2D eigenvalue weighted by atomic mass is 32.2. The number of fused-ring (bicyclic) bond motifs is 1. The Labute approximate surface area is 255 Å². The van der Waals surface area contributed by atoms with Crippen molar-refractivity contribution < 1.29 is 33.3 Å². The van der Waals surface area contributed by atoms with Crippen molar-refractivity contribution in [3.8, 4) is 0 Å². The summed E-state index contributed by atoms with van der Waals surface area (Å²) in [5.41, 5.74) is 0.365. The van der Waals surface area contributed by atoms with Crippen LogP contribution in [0.25, 0.3) is 0 Å². The van der Waals surface area contributed by atoms with E-state index in [1.165, 1.54) is 53.5 Å². The van der Waals surface area contributed by atoms with Crippen molar-refractivity contribution in [2.75, 3.05) is 13.1 Å². The number of hydrogen-bond donors (Lipinski definition) is 1. The van der Waals surface area contributed by atoms with E-state index in [1.807, 2.05) is 36.4 Å². The van der Waals surface area contributed by atoms with E-state index in [2.05, 4.69) is 10.4 Å². The average Bonchev–Trinajstić information content (AvgIpc) is 3.73. The second kappa shape index (κ2) is 13.0. The van der Waals surface area contributed by atoms with Crippen molar-refractivity contribution >= 4 is 47.5 Å². The van der Waals surface area contributed by atoms with Gasteiger partial charge in [-0.25, -0.2) is 14.6 Å². The van der Waals surface area contributed by atoms with Crippen molar-refractivity contribution in [3.63, 3.8) is 0 Å². The molecule has 3 saturated heterocycles. The summed E-state index contributed by atoms with van der Waals surface area (Å²) in [6, 6.07) is 20.2. The van der Waals surface area contributed by atoms with Gasteiger partial charge in [0, 0.05) is 25.6 Å². The number of thioether (sulfide) groups is 1. The SMILES string of the molecule is CC(=O)NC1N2C(=O)C[C@H]2S[C@]1(C(=O)OCc1ccc([N+](=O)[O-])cc1)N1CCN(N=Cc2ccco2)C1=O.c1ccccc1. The molecule has 1 aromatic heterocycles. The van der Waals surface area contributed by atoms with Gasteiger partial charge in [0.25, 0.3) is 5.69 Å². The smallest absolute Gasteiger partial charge is 0.347 e. The fourth-order valence-corrected chi connectivity index (χ4v) is 6.64. The maximum absolute atomic E-state index is 13.8. The molecule has 4 heterocycles. The molecule has 3 fully saturated rings. The lowest BCUT2D eigenvalue weighted by Gasteiger charge is -2.41. The predicted octanol–water partition coefficient (Wildman–Crippen LogP) is 3.15. The third-order valence-corrected chi connectivity index (χ3v) is 8.62. The lowest BCUT2D eigenvalue weighted by Crippen LogP contribution is -2.68. The predicted molar refractivity (Wildman–Crippen MR) is 158 cm³/mol. The first-order valence-corrected chi connectivity index (χ1v) is 14.4. The van der Waals surface area contributed by atoms with Gasteiger partial charge in [-0.1, -0.05) is 48.2 Å². The minimum atomic E-state index is -1.78. The number of nitrogens with one attached hydrogen (secondary N) is 1. The Kier molecular flexibility index (Phi) is 8.94. The van der Waals surface area contributed by atoms with Crippen molar-refractivity contribution in [2.45, 2.75) is 36.4 Å². The molecule has 1 N–H and O–H groups in total. The zero-order valence-corrected chi connectivity index (χ0v) is 24.3. The molecule has 44 heavy (non-hydrogen) atoms. The Morgan fingerprint density at radius 3 is 2.36 bits per heavy atom. The van der Waals surface area contributed by atoms with Crippen molar-refractivity contribution in [1.29, 1.82) is 0 Å². The quantitative estimate of drug-likeness (QED) is 0.131. The molecule has 6 rings (SSSR count). The number of amides is 4. The second-order valence-corrected chi connectivity index (χ2v) is 11.3. The Morgan fingerprint density at radius 2 is 1.80 bits per heavy atom. The number of hydrogen-bond acceptors (Lipinski definition) is 10. The first-order valence-electron chi connectivity index (χ1n) is 13.5. The van der Waals surface area contributed by atoms with Crippen LogP contribution in [0.15, 0.2) is 88.6 Å². The Hall–Kier alpha value is -5.18. The number of urea groups is 1. The maximum Gasteiger partial charge on any atom is 0.347 e. The average molecular weight is 621 g/mol. The number of carbonyl (C=O) groups is 4. The third kappa shape index (κ3) is 6.13. The number of hydrazone groups is 1. The monoisotopic (exact) mass is 620 g/mol. The van der Waals surface area contributed by atoms with E-state index in [-0.39, 0.29) is 37.7 Å². The summed E-state index contributed by atoms with van der Waals surface area (Å²) in [4.78, 5) is 63.2. The van der Waals surface area contributed by atoms with Crippen LogP contribution in [0.1, 0.15) is 24.7 Å². The molecule has 3 aliphatic rings. The number of rotatable bonds is 8. The van der Waals surface area contributed by atoms with E-state index in [9.17, 15) is 29.3 Å². The van der Waals surface area contributed by atoms with Gasteiger partial charge in [-0.2, -0.15) is 5.10 Å². The fourth-order valence-electron chi connectivity index (χ4n) is 4.89.